The van der Waals surface area contributed by atoms with E-state index in [1.165, 1.54) is 31.5 Å². The van der Waals surface area contributed by atoms with Gasteiger partial charge in [-0.3, -0.25) is 0 Å². The van der Waals surface area contributed by atoms with E-state index in [-0.39, 0.29) is 16.1 Å². The minimum atomic E-state index is -3.91. The number of nitroso groups, excluding NO2 is 1. The smallest absolute Gasteiger partial charge is 0.268 e. The number of hydrogen-bond acceptors (Lipinski definition) is 7. The standard InChI is InChI=1S/C19H21N3O5S/c1-26-13-3-11-20-17-8-9-18(21-23)19-16(17)10-12-22(19)28(24,25)15-6-4-14(27-2)5-7-15/h4-10,12,20H,3,11,13H2,1-2H3. The van der Waals surface area contributed by atoms with Gasteiger partial charge in [0.05, 0.1) is 17.5 Å². The van der Waals surface area contributed by atoms with Crippen LogP contribution in [0.15, 0.2) is 58.7 Å². The molecule has 9 heteroatoms. The molecule has 1 N–H and O–H groups in total. The van der Waals surface area contributed by atoms with Crippen LogP contribution in [0.2, 0.25) is 0 Å². The van der Waals surface area contributed by atoms with Crippen LogP contribution >= 0.6 is 0 Å². The van der Waals surface area contributed by atoms with Gasteiger partial charge < -0.3 is 14.8 Å². The van der Waals surface area contributed by atoms with Gasteiger partial charge in [-0.25, -0.2) is 12.4 Å². The Kier molecular flexibility index (Phi) is 5.96. The molecule has 2 aromatic carbocycles. The van der Waals surface area contributed by atoms with E-state index in [1.54, 1.807) is 31.4 Å². The second kappa shape index (κ2) is 8.41. The first-order chi connectivity index (χ1) is 13.5. The third-order valence-electron chi connectivity index (χ3n) is 4.35. The molecule has 3 aromatic rings. The molecule has 8 nitrogen and oxygen atoms in total. The van der Waals surface area contributed by atoms with E-state index in [2.05, 4.69) is 10.5 Å². The lowest BCUT2D eigenvalue weighted by molar-refractivity contribution is 0.198. The number of ether oxygens (including phenoxy) is 2. The maximum absolute atomic E-state index is 13.1. The summed E-state index contributed by atoms with van der Waals surface area (Å²) >= 11 is 0. The van der Waals surface area contributed by atoms with Gasteiger partial charge in [-0.1, -0.05) is 0 Å². The van der Waals surface area contributed by atoms with Gasteiger partial charge in [0.1, 0.15) is 11.4 Å². The third kappa shape index (κ3) is 3.71. The molecule has 0 unspecified atom stereocenters. The molecular weight excluding hydrogens is 382 g/mol. The highest BCUT2D eigenvalue weighted by Crippen LogP contribution is 2.35. The highest BCUT2D eigenvalue weighted by molar-refractivity contribution is 7.90. The van der Waals surface area contributed by atoms with E-state index >= 15 is 0 Å². The normalized spacial score (nSPS) is 11.5. The predicted molar refractivity (Wildman–Crippen MR) is 108 cm³/mol. The SMILES string of the molecule is COCCCNc1ccc(N=O)c2c1ccn2S(=O)(=O)c1ccc(OC)cc1. The molecule has 1 aromatic heterocycles. The van der Waals surface area contributed by atoms with Gasteiger partial charge in [0.2, 0.25) is 0 Å². The summed E-state index contributed by atoms with van der Waals surface area (Å²) in [6.45, 7) is 1.25. The molecule has 0 bridgehead atoms. The molecule has 0 saturated heterocycles. The molecule has 3 rings (SSSR count). The van der Waals surface area contributed by atoms with Crippen LogP contribution in [0.4, 0.5) is 11.4 Å². The van der Waals surface area contributed by atoms with Crippen LogP contribution in [-0.2, 0) is 14.8 Å². The van der Waals surface area contributed by atoms with E-state index in [9.17, 15) is 13.3 Å². The highest BCUT2D eigenvalue weighted by atomic mass is 32.2. The Labute approximate surface area is 163 Å². The number of rotatable bonds is 9. The summed E-state index contributed by atoms with van der Waals surface area (Å²) in [7, 11) is -0.773. The summed E-state index contributed by atoms with van der Waals surface area (Å²) in [6, 6.07) is 10.9. The predicted octanol–water partition coefficient (Wildman–Crippen LogP) is 3.73. The zero-order valence-corrected chi connectivity index (χ0v) is 16.4. The molecular formula is C19H21N3O5S. The third-order valence-corrected chi connectivity index (χ3v) is 6.04. The first-order valence-corrected chi connectivity index (χ1v) is 10.1. The summed E-state index contributed by atoms with van der Waals surface area (Å²) < 4.78 is 37.4. The summed E-state index contributed by atoms with van der Waals surface area (Å²) in [4.78, 5) is 11.4. The second-order valence-corrected chi connectivity index (χ2v) is 7.87. The number of nitrogens with one attached hydrogen (secondary N) is 1. The molecule has 0 aliphatic heterocycles. The van der Waals surface area contributed by atoms with Gasteiger partial charge in [-0.2, -0.15) is 0 Å². The van der Waals surface area contributed by atoms with Crippen LogP contribution in [0.25, 0.3) is 10.9 Å². The average Bonchev–Trinajstić information content (AvgIpc) is 3.17. The summed E-state index contributed by atoms with van der Waals surface area (Å²) in [5.74, 6) is 0.550. The van der Waals surface area contributed by atoms with E-state index in [0.717, 1.165) is 16.1 Å². The topological polar surface area (TPSA) is 99.0 Å². The van der Waals surface area contributed by atoms with E-state index in [4.69, 9.17) is 9.47 Å². The molecule has 0 saturated carbocycles. The van der Waals surface area contributed by atoms with Crippen molar-refractivity contribution in [3.8, 4) is 5.75 Å². The zero-order valence-electron chi connectivity index (χ0n) is 15.6. The van der Waals surface area contributed by atoms with Crippen molar-refractivity contribution in [2.45, 2.75) is 11.3 Å². The molecule has 0 aliphatic carbocycles. The van der Waals surface area contributed by atoms with Crippen molar-refractivity contribution >= 4 is 32.3 Å². The van der Waals surface area contributed by atoms with Crippen LogP contribution in [0, 0.1) is 4.91 Å². The Morgan fingerprint density at radius 3 is 2.46 bits per heavy atom. The molecule has 148 valence electrons. The fraction of sp³-hybridized carbons (Fsp3) is 0.263. The lowest BCUT2D eigenvalue weighted by Gasteiger charge is -2.11. The summed E-state index contributed by atoms with van der Waals surface area (Å²) in [6.07, 6.45) is 2.22. The Balaban J connectivity index is 2.06. The Morgan fingerprint density at radius 1 is 1.07 bits per heavy atom. The van der Waals surface area contributed by atoms with E-state index in [0.29, 0.717) is 24.3 Å². The highest BCUT2D eigenvalue weighted by Gasteiger charge is 2.22. The monoisotopic (exact) mass is 403 g/mol. The average molecular weight is 403 g/mol. The summed E-state index contributed by atoms with van der Waals surface area (Å²) in [5.41, 5.74) is 1.02. The largest absolute Gasteiger partial charge is 0.497 e. The fourth-order valence-corrected chi connectivity index (χ4v) is 4.30. The number of nitrogens with zero attached hydrogens (tertiary/aromatic N) is 2. The molecule has 0 fully saturated rings. The molecule has 0 radical (unpaired) electrons. The first kappa shape index (κ1) is 19.8. The Morgan fingerprint density at radius 2 is 1.82 bits per heavy atom. The van der Waals surface area contributed by atoms with E-state index in [1.807, 2.05) is 0 Å². The quantitative estimate of drug-likeness (QED) is 0.432. The van der Waals surface area contributed by atoms with Crippen molar-refractivity contribution in [2.75, 3.05) is 32.7 Å². The van der Waals surface area contributed by atoms with Crippen molar-refractivity contribution in [2.24, 2.45) is 5.18 Å². The van der Waals surface area contributed by atoms with E-state index < -0.39 is 10.0 Å². The van der Waals surface area contributed by atoms with Crippen LogP contribution < -0.4 is 10.1 Å². The molecule has 0 atom stereocenters. The summed E-state index contributed by atoms with van der Waals surface area (Å²) in [5, 5.41) is 6.86. The Bertz CT molecular complexity index is 1070. The lowest BCUT2D eigenvalue weighted by Crippen LogP contribution is -2.12. The van der Waals surface area contributed by atoms with Gasteiger partial charge in [-0.15, -0.1) is 4.91 Å². The van der Waals surface area contributed by atoms with Crippen molar-refractivity contribution < 1.29 is 17.9 Å². The molecule has 1 heterocycles. The van der Waals surface area contributed by atoms with Gasteiger partial charge in [0, 0.05) is 37.5 Å². The van der Waals surface area contributed by atoms with Crippen molar-refractivity contribution in [3.63, 3.8) is 0 Å². The van der Waals surface area contributed by atoms with Gasteiger partial charge in [0.15, 0.2) is 0 Å². The Hall–Kier alpha value is -2.91. The number of hydrogen-bond donors (Lipinski definition) is 1. The van der Waals surface area contributed by atoms with Crippen LogP contribution in [-0.4, -0.2) is 39.8 Å². The van der Waals surface area contributed by atoms with Crippen molar-refractivity contribution in [1.29, 1.82) is 0 Å². The lowest BCUT2D eigenvalue weighted by atomic mass is 10.2. The minimum Gasteiger partial charge on any atom is -0.497 e. The van der Waals surface area contributed by atoms with Gasteiger partial charge in [-0.05, 0) is 54.1 Å². The number of aromatic nitrogens is 1. The minimum absolute atomic E-state index is 0.0551. The maximum Gasteiger partial charge on any atom is 0.268 e. The molecule has 0 spiro atoms. The van der Waals surface area contributed by atoms with Gasteiger partial charge >= 0.3 is 0 Å². The molecule has 0 amide bonds. The second-order valence-electron chi connectivity index (χ2n) is 6.05. The zero-order chi connectivity index (χ0) is 20.1. The van der Waals surface area contributed by atoms with Crippen LogP contribution in [0.3, 0.4) is 0 Å². The number of benzene rings is 2. The number of anilines is 1. The molecule has 28 heavy (non-hydrogen) atoms. The maximum atomic E-state index is 13.1. The number of methoxy groups -OCH3 is 2. The van der Waals surface area contributed by atoms with Crippen LogP contribution in [0.5, 0.6) is 5.75 Å². The number of fused-ring (bicyclic) bond motifs is 1. The van der Waals surface area contributed by atoms with Crippen molar-refractivity contribution in [1.82, 2.24) is 3.97 Å². The van der Waals surface area contributed by atoms with Crippen LogP contribution in [0.1, 0.15) is 6.42 Å². The fourth-order valence-electron chi connectivity index (χ4n) is 2.94. The van der Waals surface area contributed by atoms with Crippen molar-refractivity contribution in [3.05, 3.63) is 53.6 Å². The molecule has 0 aliphatic rings. The first-order valence-electron chi connectivity index (χ1n) is 8.62. The van der Waals surface area contributed by atoms with Gasteiger partial charge in [0.25, 0.3) is 10.0 Å².